The van der Waals surface area contributed by atoms with Crippen molar-refractivity contribution in [3.63, 3.8) is 0 Å². The van der Waals surface area contributed by atoms with Crippen LogP contribution in [0.15, 0.2) is 30.5 Å². The summed E-state index contributed by atoms with van der Waals surface area (Å²) in [7, 11) is 0. The number of urea groups is 1. The maximum atomic E-state index is 12.2. The molecule has 0 aliphatic carbocycles. The van der Waals surface area contributed by atoms with Crippen molar-refractivity contribution >= 4 is 17.4 Å². The van der Waals surface area contributed by atoms with Gasteiger partial charge in [-0.15, -0.1) is 0 Å². The van der Waals surface area contributed by atoms with Gasteiger partial charge in [-0.3, -0.25) is 0 Å². The molecule has 0 unspecified atom stereocenters. The van der Waals surface area contributed by atoms with Crippen LogP contribution in [0, 0.1) is 0 Å². The number of rotatable bonds is 4. The smallest absolute Gasteiger partial charge is 0.319 e. The van der Waals surface area contributed by atoms with Gasteiger partial charge in [0.25, 0.3) is 0 Å². The van der Waals surface area contributed by atoms with Gasteiger partial charge in [-0.05, 0) is 43.9 Å². The van der Waals surface area contributed by atoms with Gasteiger partial charge in [0.2, 0.25) is 0 Å². The number of nitrogens with zero attached hydrogens (tertiary/aromatic N) is 3. The lowest BCUT2D eigenvalue weighted by atomic mass is 10.2. The summed E-state index contributed by atoms with van der Waals surface area (Å²) in [5.74, 6) is 1.14. The Labute approximate surface area is 148 Å². The first-order chi connectivity index (χ1) is 12.3. The van der Waals surface area contributed by atoms with Crippen LogP contribution < -0.4 is 15.5 Å². The zero-order valence-electron chi connectivity index (χ0n) is 14.5. The third kappa shape index (κ3) is 3.78. The second-order valence-electron chi connectivity index (χ2n) is 6.85. The van der Waals surface area contributed by atoms with Gasteiger partial charge < -0.3 is 20.1 Å². The van der Waals surface area contributed by atoms with E-state index >= 15 is 0 Å². The van der Waals surface area contributed by atoms with Crippen molar-refractivity contribution in [3.8, 4) is 0 Å². The summed E-state index contributed by atoms with van der Waals surface area (Å²) in [6.45, 7) is 3.69. The number of nitrogens with one attached hydrogen (secondary N) is 2. The minimum absolute atomic E-state index is 0.190. The van der Waals surface area contributed by atoms with E-state index in [9.17, 15) is 4.79 Å². The van der Waals surface area contributed by atoms with Gasteiger partial charge in [-0.1, -0.05) is 6.07 Å². The first kappa shape index (κ1) is 16.0. The molecule has 1 fully saturated rings. The second-order valence-corrected chi connectivity index (χ2v) is 6.85. The standard InChI is InChI=1S/C19H25N5O/c25-19(20-13-16-14-24-11-2-1-8-18(24)21-16)22-15-6-5-7-17(12-15)23-9-3-4-10-23/h5-7,12,14H,1-4,8-11,13H2,(H2,20,22,25). The lowest BCUT2D eigenvalue weighted by molar-refractivity contribution is 0.251. The molecule has 0 radical (unpaired) electrons. The molecule has 132 valence electrons. The molecule has 0 saturated carbocycles. The maximum Gasteiger partial charge on any atom is 0.319 e. The number of fused-ring (bicyclic) bond motifs is 1. The van der Waals surface area contributed by atoms with E-state index in [-0.39, 0.29) is 6.03 Å². The highest BCUT2D eigenvalue weighted by molar-refractivity contribution is 5.89. The molecule has 0 bridgehead atoms. The van der Waals surface area contributed by atoms with Crippen molar-refractivity contribution in [1.29, 1.82) is 0 Å². The number of imidazole rings is 1. The minimum atomic E-state index is -0.190. The number of aromatic nitrogens is 2. The first-order valence-electron chi connectivity index (χ1n) is 9.23. The largest absolute Gasteiger partial charge is 0.371 e. The summed E-state index contributed by atoms with van der Waals surface area (Å²) in [6.07, 6.45) is 8.00. The molecule has 25 heavy (non-hydrogen) atoms. The van der Waals surface area contributed by atoms with E-state index in [1.807, 2.05) is 18.2 Å². The van der Waals surface area contributed by atoms with Crippen LogP contribution in [0.5, 0.6) is 0 Å². The average molecular weight is 339 g/mol. The van der Waals surface area contributed by atoms with Gasteiger partial charge in [0.1, 0.15) is 5.82 Å². The Morgan fingerprint density at radius 1 is 1.12 bits per heavy atom. The normalized spacial score (nSPS) is 16.6. The van der Waals surface area contributed by atoms with Crippen LogP contribution >= 0.6 is 0 Å². The maximum absolute atomic E-state index is 12.2. The summed E-state index contributed by atoms with van der Waals surface area (Å²) in [5, 5.41) is 5.83. The molecule has 0 atom stereocenters. The van der Waals surface area contributed by atoms with E-state index < -0.39 is 0 Å². The monoisotopic (exact) mass is 339 g/mol. The van der Waals surface area contributed by atoms with E-state index in [2.05, 4.69) is 37.3 Å². The molecule has 6 heteroatoms. The highest BCUT2D eigenvalue weighted by Crippen LogP contribution is 2.23. The Morgan fingerprint density at radius 3 is 2.80 bits per heavy atom. The molecule has 2 aromatic rings. The molecule has 1 aromatic carbocycles. The molecule has 4 rings (SSSR count). The molecule has 3 heterocycles. The van der Waals surface area contributed by atoms with Crippen molar-refractivity contribution in [2.45, 2.75) is 45.2 Å². The Balaban J connectivity index is 1.33. The first-order valence-corrected chi connectivity index (χ1v) is 9.23. The van der Waals surface area contributed by atoms with E-state index in [4.69, 9.17) is 0 Å². The number of hydrogen-bond acceptors (Lipinski definition) is 3. The van der Waals surface area contributed by atoms with Gasteiger partial charge in [0, 0.05) is 43.6 Å². The van der Waals surface area contributed by atoms with E-state index in [0.717, 1.165) is 43.3 Å². The van der Waals surface area contributed by atoms with E-state index in [1.54, 1.807) is 0 Å². The Bertz CT molecular complexity index is 725. The number of anilines is 2. The molecule has 1 aromatic heterocycles. The highest BCUT2D eigenvalue weighted by Gasteiger charge is 2.14. The van der Waals surface area contributed by atoms with Crippen LogP contribution in [-0.4, -0.2) is 28.7 Å². The summed E-state index contributed by atoms with van der Waals surface area (Å²) in [5.41, 5.74) is 2.93. The fourth-order valence-corrected chi connectivity index (χ4v) is 3.66. The molecule has 2 aliphatic heterocycles. The summed E-state index contributed by atoms with van der Waals surface area (Å²) < 4.78 is 2.21. The quantitative estimate of drug-likeness (QED) is 0.899. The molecule has 2 amide bonds. The van der Waals surface area contributed by atoms with Crippen molar-refractivity contribution in [1.82, 2.24) is 14.9 Å². The molecule has 6 nitrogen and oxygen atoms in total. The van der Waals surface area contributed by atoms with Crippen LogP contribution in [-0.2, 0) is 19.5 Å². The number of carbonyl (C=O) groups is 1. The predicted molar refractivity (Wildman–Crippen MR) is 98.9 cm³/mol. The lowest BCUT2D eigenvalue weighted by Gasteiger charge is -2.18. The Morgan fingerprint density at radius 2 is 1.96 bits per heavy atom. The summed E-state index contributed by atoms with van der Waals surface area (Å²) >= 11 is 0. The molecule has 2 aliphatic rings. The molecular formula is C19H25N5O. The zero-order chi connectivity index (χ0) is 17.1. The van der Waals surface area contributed by atoms with Gasteiger partial charge in [0.05, 0.1) is 12.2 Å². The van der Waals surface area contributed by atoms with Crippen LogP contribution in [0.2, 0.25) is 0 Å². The zero-order valence-corrected chi connectivity index (χ0v) is 14.5. The molecule has 0 spiro atoms. The summed E-state index contributed by atoms with van der Waals surface area (Å²) in [4.78, 5) is 19.2. The fraction of sp³-hybridized carbons (Fsp3) is 0.474. The average Bonchev–Trinajstić information content (AvgIpc) is 3.29. The number of benzene rings is 1. The minimum Gasteiger partial charge on any atom is -0.371 e. The third-order valence-electron chi connectivity index (χ3n) is 4.96. The summed E-state index contributed by atoms with van der Waals surface area (Å²) in [6, 6.07) is 7.87. The second kappa shape index (κ2) is 7.17. The SMILES string of the molecule is O=C(NCc1cn2c(n1)CCCC2)Nc1cccc(N2CCCC2)c1. The van der Waals surface area contributed by atoms with Crippen LogP contribution in [0.25, 0.3) is 0 Å². The Kier molecular flexibility index (Phi) is 4.59. The molecule has 1 saturated heterocycles. The number of hydrogen-bond donors (Lipinski definition) is 2. The van der Waals surface area contributed by atoms with Crippen molar-refractivity contribution < 1.29 is 4.79 Å². The lowest BCUT2D eigenvalue weighted by Crippen LogP contribution is -2.28. The highest BCUT2D eigenvalue weighted by atomic mass is 16.2. The van der Waals surface area contributed by atoms with Crippen molar-refractivity contribution in [3.05, 3.63) is 42.0 Å². The van der Waals surface area contributed by atoms with Crippen molar-refractivity contribution in [2.75, 3.05) is 23.3 Å². The predicted octanol–water partition coefficient (Wildman–Crippen LogP) is 3.14. The molecule has 2 N–H and O–H groups in total. The van der Waals surface area contributed by atoms with Gasteiger partial charge >= 0.3 is 6.03 Å². The number of carbonyl (C=O) groups excluding carboxylic acids is 1. The van der Waals surface area contributed by atoms with Crippen LogP contribution in [0.3, 0.4) is 0 Å². The number of aryl methyl sites for hydroxylation is 2. The van der Waals surface area contributed by atoms with E-state index in [1.165, 1.54) is 31.4 Å². The van der Waals surface area contributed by atoms with Gasteiger partial charge in [0.15, 0.2) is 0 Å². The topological polar surface area (TPSA) is 62.2 Å². The van der Waals surface area contributed by atoms with Crippen molar-refractivity contribution in [2.24, 2.45) is 0 Å². The van der Waals surface area contributed by atoms with Crippen LogP contribution in [0.1, 0.15) is 37.2 Å². The Hall–Kier alpha value is -2.50. The van der Waals surface area contributed by atoms with E-state index in [0.29, 0.717) is 6.54 Å². The van der Waals surface area contributed by atoms with Crippen LogP contribution in [0.4, 0.5) is 16.2 Å². The van der Waals surface area contributed by atoms with Gasteiger partial charge in [-0.2, -0.15) is 0 Å². The number of amides is 2. The fourth-order valence-electron chi connectivity index (χ4n) is 3.66. The third-order valence-corrected chi connectivity index (χ3v) is 4.96. The van der Waals surface area contributed by atoms with Gasteiger partial charge in [-0.25, -0.2) is 9.78 Å². The molecular weight excluding hydrogens is 314 g/mol.